The molecular weight excluding hydrogens is 534 g/mol. The molecule has 2 saturated heterocycles. The van der Waals surface area contributed by atoms with Gasteiger partial charge in [-0.2, -0.15) is 0 Å². The van der Waals surface area contributed by atoms with Crippen LogP contribution in [0.5, 0.6) is 5.75 Å². The minimum Gasteiger partial charge on any atom is -0.488 e. The number of benzene rings is 3. The van der Waals surface area contributed by atoms with E-state index in [9.17, 15) is 9.59 Å². The SMILES string of the molecule is O=C(NCCCN1CCOCC1)C(=Cc1ccc(C(=O)NOC2CCCCO2)cc1)COc1cccc2ccccc12. The molecule has 9 nitrogen and oxygen atoms in total. The second kappa shape index (κ2) is 15.5. The fourth-order valence-electron chi connectivity index (χ4n) is 5.01. The third-order valence-electron chi connectivity index (χ3n) is 7.40. The summed E-state index contributed by atoms with van der Waals surface area (Å²) in [6, 6.07) is 20.9. The van der Waals surface area contributed by atoms with Crippen LogP contribution in [-0.4, -0.2) is 75.6 Å². The smallest absolute Gasteiger partial charge is 0.274 e. The molecule has 3 aromatic carbocycles. The summed E-state index contributed by atoms with van der Waals surface area (Å²) < 4.78 is 17.1. The van der Waals surface area contributed by atoms with Crippen molar-refractivity contribution < 1.29 is 28.6 Å². The minimum atomic E-state index is -0.415. The van der Waals surface area contributed by atoms with Crippen LogP contribution in [0.15, 0.2) is 72.3 Å². The summed E-state index contributed by atoms with van der Waals surface area (Å²) in [7, 11) is 0. The van der Waals surface area contributed by atoms with Gasteiger partial charge in [-0.3, -0.25) is 14.5 Å². The van der Waals surface area contributed by atoms with Crippen molar-refractivity contribution in [3.8, 4) is 5.75 Å². The van der Waals surface area contributed by atoms with Crippen molar-refractivity contribution in [3.63, 3.8) is 0 Å². The van der Waals surface area contributed by atoms with Gasteiger partial charge in [0.25, 0.3) is 11.8 Å². The zero-order valence-electron chi connectivity index (χ0n) is 23.9. The average Bonchev–Trinajstić information content (AvgIpc) is 3.05. The fourth-order valence-corrected chi connectivity index (χ4v) is 5.01. The molecule has 42 heavy (non-hydrogen) atoms. The number of hydrogen-bond donors (Lipinski definition) is 2. The lowest BCUT2D eigenvalue weighted by molar-refractivity contribution is -0.186. The van der Waals surface area contributed by atoms with Crippen molar-refractivity contribution in [2.24, 2.45) is 0 Å². The summed E-state index contributed by atoms with van der Waals surface area (Å²) in [6.45, 7) is 5.57. The Kier molecular flexibility index (Phi) is 10.9. The van der Waals surface area contributed by atoms with E-state index in [4.69, 9.17) is 19.0 Å². The first-order valence-electron chi connectivity index (χ1n) is 14.7. The molecule has 1 unspecified atom stereocenters. The van der Waals surface area contributed by atoms with Gasteiger partial charge in [-0.15, -0.1) is 0 Å². The van der Waals surface area contributed by atoms with Gasteiger partial charge >= 0.3 is 0 Å². The van der Waals surface area contributed by atoms with Crippen molar-refractivity contribution in [1.82, 2.24) is 15.7 Å². The quantitative estimate of drug-likeness (QED) is 0.189. The molecule has 5 rings (SSSR count). The van der Waals surface area contributed by atoms with E-state index < -0.39 is 6.29 Å². The van der Waals surface area contributed by atoms with Crippen molar-refractivity contribution in [3.05, 3.63) is 83.4 Å². The zero-order valence-corrected chi connectivity index (χ0v) is 23.9. The van der Waals surface area contributed by atoms with Gasteiger partial charge in [0, 0.05) is 43.6 Å². The maximum atomic E-state index is 13.3. The monoisotopic (exact) mass is 573 g/mol. The van der Waals surface area contributed by atoms with Crippen molar-refractivity contribution in [2.45, 2.75) is 32.0 Å². The van der Waals surface area contributed by atoms with Crippen LogP contribution >= 0.6 is 0 Å². The highest BCUT2D eigenvalue weighted by atomic mass is 16.8. The summed E-state index contributed by atoms with van der Waals surface area (Å²) in [4.78, 5) is 33.6. The van der Waals surface area contributed by atoms with Crippen molar-refractivity contribution >= 4 is 28.7 Å². The average molecular weight is 574 g/mol. The summed E-state index contributed by atoms with van der Waals surface area (Å²) in [5, 5.41) is 5.11. The van der Waals surface area contributed by atoms with E-state index in [2.05, 4.69) is 15.7 Å². The van der Waals surface area contributed by atoms with Crippen LogP contribution in [0.25, 0.3) is 16.8 Å². The van der Waals surface area contributed by atoms with Crippen LogP contribution in [0.1, 0.15) is 41.6 Å². The van der Waals surface area contributed by atoms with Gasteiger partial charge in [-0.1, -0.05) is 48.5 Å². The number of ether oxygens (including phenoxy) is 3. The van der Waals surface area contributed by atoms with E-state index in [1.165, 1.54) is 0 Å². The molecule has 2 fully saturated rings. The van der Waals surface area contributed by atoms with Gasteiger partial charge in [0.15, 0.2) is 6.29 Å². The highest BCUT2D eigenvalue weighted by molar-refractivity contribution is 5.98. The number of amides is 2. The van der Waals surface area contributed by atoms with E-state index >= 15 is 0 Å². The van der Waals surface area contributed by atoms with Crippen LogP contribution < -0.4 is 15.5 Å². The summed E-state index contributed by atoms with van der Waals surface area (Å²) in [6.07, 6.45) is 5.00. The van der Waals surface area contributed by atoms with Gasteiger partial charge in [0.2, 0.25) is 0 Å². The lowest BCUT2D eigenvalue weighted by Crippen LogP contribution is -2.38. The van der Waals surface area contributed by atoms with E-state index in [-0.39, 0.29) is 18.4 Å². The number of rotatable bonds is 12. The molecule has 2 N–H and O–H groups in total. The molecule has 3 aromatic rings. The zero-order chi connectivity index (χ0) is 29.0. The lowest BCUT2D eigenvalue weighted by Gasteiger charge is -2.26. The van der Waals surface area contributed by atoms with E-state index in [0.29, 0.717) is 30.0 Å². The second-order valence-electron chi connectivity index (χ2n) is 10.5. The van der Waals surface area contributed by atoms with E-state index in [1.807, 2.05) is 42.5 Å². The molecule has 2 amide bonds. The van der Waals surface area contributed by atoms with Crippen LogP contribution in [0.2, 0.25) is 0 Å². The number of nitrogens with one attached hydrogen (secondary N) is 2. The van der Waals surface area contributed by atoms with Gasteiger partial charge < -0.3 is 19.5 Å². The molecule has 2 heterocycles. The third kappa shape index (κ3) is 8.62. The Labute approximate surface area is 246 Å². The van der Waals surface area contributed by atoms with E-state index in [1.54, 1.807) is 30.3 Å². The van der Waals surface area contributed by atoms with Crippen LogP contribution in [0.4, 0.5) is 0 Å². The Bertz CT molecular complexity index is 1340. The van der Waals surface area contributed by atoms with Crippen LogP contribution in [-0.2, 0) is 19.1 Å². The Morgan fingerprint density at radius 1 is 0.952 bits per heavy atom. The van der Waals surface area contributed by atoms with Gasteiger partial charge in [0.05, 0.1) is 18.8 Å². The molecule has 2 aliphatic heterocycles. The second-order valence-corrected chi connectivity index (χ2v) is 10.5. The number of carbonyl (C=O) groups excluding carboxylic acids is 2. The number of carbonyl (C=O) groups is 2. The topological polar surface area (TPSA) is 98.4 Å². The molecule has 0 spiro atoms. The Morgan fingerprint density at radius 3 is 2.57 bits per heavy atom. The number of fused-ring (bicyclic) bond motifs is 1. The molecule has 0 radical (unpaired) electrons. The minimum absolute atomic E-state index is 0.0980. The predicted molar refractivity (Wildman–Crippen MR) is 161 cm³/mol. The first-order chi connectivity index (χ1) is 20.7. The molecular formula is C33H39N3O6. The summed E-state index contributed by atoms with van der Waals surface area (Å²) in [5.74, 6) is 0.185. The molecule has 1 atom stereocenters. The van der Waals surface area contributed by atoms with Crippen LogP contribution in [0, 0.1) is 0 Å². The Morgan fingerprint density at radius 2 is 1.76 bits per heavy atom. The van der Waals surface area contributed by atoms with Crippen LogP contribution in [0.3, 0.4) is 0 Å². The number of nitrogens with zero attached hydrogens (tertiary/aromatic N) is 1. The normalized spacial score (nSPS) is 18.0. The van der Waals surface area contributed by atoms with Gasteiger partial charge in [-0.25, -0.2) is 10.3 Å². The Hall–Kier alpha value is -3.76. The highest BCUT2D eigenvalue weighted by Crippen LogP contribution is 2.26. The Balaban J connectivity index is 1.23. The highest BCUT2D eigenvalue weighted by Gasteiger charge is 2.17. The van der Waals surface area contributed by atoms with Crippen molar-refractivity contribution in [1.29, 1.82) is 0 Å². The van der Waals surface area contributed by atoms with Crippen molar-refractivity contribution in [2.75, 3.05) is 52.6 Å². The maximum absolute atomic E-state index is 13.3. The largest absolute Gasteiger partial charge is 0.488 e. The first-order valence-corrected chi connectivity index (χ1v) is 14.7. The van der Waals surface area contributed by atoms with E-state index in [0.717, 1.165) is 74.9 Å². The fraction of sp³-hybridized carbons (Fsp3) is 0.394. The maximum Gasteiger partial charge on any atom is 0.274 e. The number of hydrogen-bond acceptors (Lipinski definition) is 7. The number of hydroxylamine groups is 1. The predicted octanol–water partition coefficient (Wildman–Crippen LogP) is 4.33. The number of morpholine rings is 1. The first kappa shape index (κ1) is 29.7. The molecule has 0 bridgehead atoms. The lowest BCUT2D eigenvalue weighted by atomic mass is 10.1. The molecule has 0 saturated carbocycles. The molecule has 0 aliphatic carbocycles. The molecule has 0 aromatic heterocycles. The standard InChI is InChI=1S/C33H39N3O6/c37-32(34-16-6-17-36-18-21-39-22-19-36)28(24-41-30-10-5-8-26-7-1-2-9-29(26)30)23-25-12-14-27(15-13-25)33(38)35-42-31-11-3-4-20-40-31/h1-2,5,7-10,12-15,23,31H,3-4,6,11,16-22,24H2,(H,34,37)(H,35,38). The van der Waals surface area contributed by atoms with Gasteiger partial charge in [-0.05, 0) is 61.0 Å². The summed E-state index contributed by atoms with van der Waals surface area (Å²) >= 11 is 0. The summed E-state index contributed by atoms with van der Waals surface area (Å²) in [5.41, 5.74) is 4.20. The van der Waals surface area contributed by atoms with Gasteiger partial charge in [0.1, 0.15) is 12.4 Å². The molecule has 222 valence electrons. The molecule has 2 aliphatic rings. The molecule has 9 heteroatoms. The third-order valence-corrected chi connectivity index (χ3v) is 7.40.